The van der Waals surface area contributed by atoms with Crippen molar-refractivity contribution in [2.24, 2.45) is 0 Å². The van der Waals surface area contributed by atoms with E-state index < -0.39 is 0 Å². The summed E-state index contributed by atoms with van der Waals surface area (Å²) in [4.78, 5) is 0. The Morgan fingerprint density at radius 3 is 1.96 bits per heavy atom. The molecule has 0 bridgehead atoms. The maximum absolute atomic E-state index is 2.36. The van der Waals surface area contributed by atoms with Crippen molar-refractivity contribution >= 4 is 0 Å². The van der Waals surface area contributed by atoms with Crippen molar-refractivity contribution in [1.82, 2.24) is 4.57 Å². The molecule has 3 rings (SSSR count). The van der Waals surface area contributed by atoms with Gasteiger partial charge >= 0.3 is 0 Å². The van der Waals surface area contributed by atoms with Crippen LogP contribution in [0.5, 0.6) is 0 Å². The number of nitrogens with zero attached hydrogens (tertiary/aromatic N) is 2. The van der Waals surface area contributed by atoms with Gasteiger partial charge in [0.25, 0.3) is 0 Å². The fourth-order valence-corrected chi connectivity index (χ4v) is 3.45. The predicted octanol–water partition coefficient (Wildman–Crippen LogP) is 4.66. The van der Waals surface area contributed by atoms with Crippen LogP contribution >= 0.6 is 0 Å². The zero-order chi connectivity index (χ0) is 17.4. The Morgan fingerprint density at radius 2 is 1.38 bits per heavy atom. The lowest BCUT2D eigenvalue weighted by atomic mass is 10.00. The highest BCUT2D eigenvalue weighted by atomic mass is 15.1. The highest BCUT2D eigenvalue weighted by Crippen LogP contribution is 2.18. The van der Waals surface area contributed by atoms with Crippen LogP contribution in [0.2, 0.25) is 0 Å². The van der Waals surface area contributed by atoms with Gasteiger partial charge in [0, 0.05) is 13.8 Å². The lowest BCUT2D eigenvalue weighted by Gasteiger charge is -2.10. The molecule has 0 aliphatic heterocycles. The second-order valence-corrected chi connectivity index (χ2v) is 7.00. The van der Waals surface area contributed by atoms with Gasteiger partial charge in [-0.1, -0.05) is 35.4 Å². The van der Waals surface area contributed by atoms with Crippen molar-refractivity contribution in [3.63, 3.8) is 0 Å². The van der Waals surface area contributed by atoms with Crippen LogP contribution in [0, 0.1) is 41.5 Å². The highest BCUT2D eigenvalue weighted by Gasteiger charge is 2.19. The molecule has 0 aliphatic rings. The lowest BCUT2D eigenvalue weighted by Crippen LogP contribution is -2.36. The second kappa shape index (κ2) is 6.27. The van der Waals surface area contributed by atoms with E-state index in [-0.39, 0.29) is 0 Å². The Hall–Kier alpha value is -2.35. The Labute approximate surface area is 145 Å². The molecule has 1 aromatic heterocycles. The van der Waals surface area contributed by atoms with E-state index in [1.54, 1.807) is 0 Å². The molecular weight excluding hydrogens is 292 g/mol. The van der Waals surface area contributed by atoms with Crippen LogP contribution in [0.25, 0.3) is 5.69 Å². The van der Waals surface area contributed by atoms with Gasteiger partial charge in [0.05, 0.1) is 0 Å². The molecule has 0 atom stereocenters. The predicted molar refractivity (Wildman–Crippen MR) is 99.9 cm³/mol. The monoisotopic (exact) mass is 319 g/mol. The molecule has 1 heterocycles. The van der Waals surface area contributed by atoms with Crippen LogP contribution < -0.4 is 4.57 Å². The third-order valence-corrected chi connectivity index (χ3v) is 5.05. The Kier molecular flexibility index (Phi) is 4.31. The molecule has 0 saturated heterocycles. The molecule has 124 valence electrons. The van der Waals surface area contributed by atoms with Gasteiger partial charge in [-0.15, -0.1) is 0 Å². The molecule has 2 nitrogen and oxygen atoms in total. The van der Waals surface area contributed by atoms with E-state index in [0.29, 0.717) is 0 Å². The molecule has 0 fully saturated rings. The molecular formula is C22H27N2+. The lowest BCUT2D eigenvalue weighted by molar-refractivity contribution is -0.693. The van der Waals surface area contributed by atoms with Crippen molar-refractivity contribution in [2.75, 3.05) is 0 Å². The molecule has 3 aromatic rings. The van der Waals surface area contributed by atoms with Gasteiger partial charge in [-0.3, -0.25) is 0 Å². The summed E-state index contributed by atoms with van der Waals surface area (Å²) >= 11 is 0. The smallest absolute Gasteiger partial charge is 0.229 e. The number of imidazole rings is 1. The van der Waals surface area contributed by atoms with E-state index in [4.69, 9.17) is 0 Å². The average Bonchev–Trinajstić information content (AvgIpc) is 2.80. The summed E-state index contributed by atoms with van der Waals surface area (Å²) in [6, 6.07) is 13.3. The minimum Gasteiger partial charge on any atom is -0.229 e. The molecule has 0 spiro atoms. The summed E-state index contributed by atoms with van der Waals surface area (Å²) < 4.78 is 4.65. The second-order valence-electron chi connectivity index (χ2n) is 7.00. The maximum Gasteiger partial charge on any atom is 0.249 e. The Morgan fingerprint density at radius 1 is 0.792 bits per heavy atom. The highest BCUT2D eigenvalue weighted by molar-refractivity contribution is 5.38. The van der Waals surface area contributed by atoms with Gasteiger partial charge in [-0.2, -0.15) is 4.57 Å². The summed E-state index contributed by atoms with van der Waals surface area (Å²) in [6.45, 7) is 14.0. The minimum atomic E-state index is 0.920. The molecule has 0 aliphatic carbocycles. The molecule has 2 heteroatoms. The maximum atomic E-state index is 2.36. The summed E-state index contributed by atoms with van der Waals surface area (Å²) in [5.41, 5.74) is 10.6. The van der Waals surface area contributed by atoms with Crippen LogP contribution in [-0.2, 0) is 6.54 Å². The van der Waals surface area contributed by atoms with E-state index in [1.807, 2.05) is 0 Å². The zero-order valence-electron chi connectivity index (χ0n) is 15.6. The van der Waals surface area contributed by atoms with E-state index >= 15 is 0 Å². The fraction of sp³-hybridized carbons (Fsp3) is 0.318. The Balaban J connectivity index is 2.02. The van der Waals surface area contributed by atoms with Crippen molar-refractivity contribution in [3.8, 4) is 5.69 Å². The average molecular weight is 319 g/mol. The molecule has 0 amide bonds. The molecule has 2 aromatic carbocycles. The van der Waals surface area contributed by atoms with Crippen LogP contribution in [0.4, 0.5) is 0 Å². The zero-order valence-corrected chi connectivity index (χ0v) is 15.6. The topological polar surface area (TPSA) is 8.81 Å². The van der Waals surface area contributed by atoms with Crippen molar-refractivity contribution in [2.45, 2.75) is 48.1 Å². The SMILES string of the molecule is Cc1ccc(-n2c[n+](Cc3c(C)cc(C)cc3C)c(C)c2C)cc1. The van der Waals surface area contributed by atoms with Crippen molar-refractivity contribution in [1.29, 1.82) is 0 Å². The third kappa shape index (κ3) is 3.01. The third-order valence-electron chi connectivity index (χ3n) is 5.05. The van der Waals surface area contributed by atoms with Crippen molar-refractivity contribution < 1.29 is 4.57 Å². The van der Waals surface area contributed by atoms with Gasteiger partial charge < -0.3 is 0 Å². The largest absolute Gasteiger partial charge is 0.249 e. The molecule has 0 unspecified atom stereocenters. The number of rotatable bonds is 3. The molecule has 0 N–H and O–H groups in total. The summed E-state index contributed by atoms with van der Waals surface area (Å²) in [5, 5.41) is 0. The number of hydrogen-bond donors (Lipinski definition) is 0. The minimum absolute atomic E-state index is 0.920. The molecule has 0 radical (unpaired) electrons. The summed E-state index contributed by atoms with van der Waals surface area (Å²) in [7, 11) is 0. The van der Waals surface area contributed by atoms with Crippen LogP contribution in [0.1, 0.15) is 39.2 Å². The van der Waals surface area contributed by atoms with Gasteiger partial charge in [0.15, 0.2) is 0 Å². The first kappa shape index (κ1) is 16.5. The fourth-order valence-electron chi connectivity index (χ4n) is 3.45. The quantitative estimate of drug-likeness (QED) is 0.621. The van der Waals surface area contributed by atoms with E-state index in [1.165, 1.54) is 44.9 Å². The van der Waals surface area contributed by atoms with E-state index in [2.05, 4.69) is 93.4 Å². The van der Waals surface area contributed by atoms with Gasteiger partial charge in [-0.25, -0.2) is 4.57 Å². The number of aryl methyl sites for hydroxylation is 4. The first-order valence-electron chi connectivity index (χ1n) is 8.58. The van der Waals surface area contributed by atoms with Gasteiger partial charge in [-0.05, 0) is 56.5 Å². The molecule has 0 saturated carbocycles. The van der Waals surface area contributed by atoms with Crippen LogP contribution in [-0.4, -0.2) is 4.57 Å². The standard InChI is InChI=1S/C22H27N2/c1-15-7-9-21(10-8-15)24-14-23(19(5)20(24)6)13-22-17(3)11-16(2)12-18(22)4/h7-12,14H,13H2,1-6H3/q+1. The van der Waals surface area contributed by atoms with Gasteiger partial charge in [0.1, 0.15) is 23.6 Å². The Bertz CT molecular complexity index is 860. The van der Waals surface area contributed by atoms with Crippen molar-refractivity contribution in [3.05, 3.63) is 81.9 Å². The summed E-state index contributed by atoms with van der Waals surface area (Å²) in [5.74, 6) is 0. The summed E-state index contributed by atoms with van der Waals surface area (Å²) in [6.07, 6.45) is 2.23. The van der Waals surface area contributed by atoms with Crippen LogP contribution in [0.15, 0.2) is 42.7 Å². The number of hydrogen-bond acceptors (Lipinski definition) is 0. The van der Waals surface area contributed by atoms with E-state index in [0.717, 1.165) is 6.54 Å². The van der Waals surface area contributed by atoms with Crippen LogP contribution in [0.3, 0.4) is 0 Å². The number of benzene rings is 2. The first-order chi connectivity index (χ1) is 11.4. The normalized spacial score (nSPS) is 11.1. The van der Waals surface area contributed by atoms with Gasteiger partial charge in [0.2, 0.25) is 6.33 Å². The number of aromatic nitrogens is 2. The first-order valence-corrected chi connectivity index (χ1v) is 8.58. The van der Waals surface area contributed by atoms with E-state index in [9.17, 15) is 0 Å². The molecule has 24 heavy (non-hydrogen) atoms.